The molecule has 3 heterocycles. The molecule has 2 aromatic heterocycles. The number of carbonyl (C=O) groups is 1. The molecule has 1 aliphatic rings. The average molecular weight is 321 g/mol. The van der Waals surface area contributed by atoms with Crippen molar-refractivity contribution in [3.8, 4) is 11.3 Å². The van der Waals surface area contributed by atoms with Crippen LogP contribution in [0.15, 0.2) is 42.6 Å². The second-order valence-electron chi connectivity index (χ2n) is 6.24. The Bertz CT molecular complexity index is 912. The third-order valence-corrected chi connectivity index (χ3v) is 4.38. The lowest BCUT2D eigenvalue weighted by Crippen LogP contribution is -2.24. The molecule has 1 aliphatic heterocycles. The van der Waals surface area contributed by atoms with Crippen LogP contribution in [0.25, 0.3) is 16.9 Å². The highest BCUT2D eigenvalue weighted by Crippen LogP contribution is 2.27. The molecule has 24 heavy (non-hydrogen) atoms. The number of nitrogens with zero attached hydrogens (tertiary/aromatic N) is 3. The van der Waals surface area contributed by atoms with E-state index >= 15 is 0 Å². The number of cyclic esters (lactones) is 1. The van der Waals surface area contributed by atoms with E-state index in [0.29, 0.717) is 19.7 Å². The van der Waals surface area contributed by atoms with Crippen molar-refractivity contribution in [3.05, 3.63) is 59.4 Å². The van der Waals surface area contributed by atoms with Crippen molar-refractivity contribution in [2.45, 2.75) is 20.4 Å². The Hall–Kier alpha value is -2.82. The number of rotatable bonds is 3. The van der Waals surface area contributed by atoms with E-state index in [1.807, 2.05) is 6.07 Å². The van der Waals surface area contributed by atoms with Gasteiger partial charge in [-0.2, -0.15) is 0 Å². The first-order valence-electron chi connectivity index (χ1n) is 8.08. The molecule has 0 unspecified atom stereocenters. The second kappa shape index (κ2) is 5.67. The number of amides is 1. The fourth-order valence-corrected chi connectivity index (χ4v) is 3.04. The second-order valence-corrected chi connectivity index (χ2v) is 6.24. The summed E-state index contributed by atoms with van der Waals surface area (Å²) in [6.45, 7) is 5.68. The van der Waals surface area contributed by atoms with E-state index in [9.17, 15) is 4.79 Å². The Morgan fingerprint density at radius 2 is 1.83 bits per heavy atom. The number of fused-ring (bicyclic) bond motifs is 1. The van der Waals surface area contributed by atoms with Crippen molar-refractivity contribution >= 4 is 11.7 Å². The first-order valence-corrected chi connectivity index (χ1v) is 8.08. The van der Waals surface area contributed by atoms with Gasteiger partial charge in [0, 0.05) is 11.8 Å². The minimum Gasteiger partial charge on any atom is -0.448 e. The van der Waals surface area contributed by atoms with Crippen molar-refractivity contribution in [3.63, 3.8) is 0 Å². The number of hydrogen-bond acceptors (Lipinski definition) is 3. The summed E-state index contributed by atoms with van der Waals surface area (Å²) >= 11 is 0. The van der Waals surface area contributed by atoms with Crippen LogP contribution in [0.4, 0.5) is 4.79 Å². The van der Waals surface area contributed by atoms with Gasteiger partial charge in [0.2, 0.25) is 0 Å². The van der Waals surface area contributed by atoms with E-state index in [0.717, 1.165) is 28.2 Å². The van der Waals surface area contributed by atoms with Gasteiger partial charge in [0.15, 0.2) is 0 Å². The molecule has 1 fully saturated rings. The Labute approximate surface area is 140 Å². The molecule has 4 rings (SSSR count). The van der Waals surface area contributed by atoms with Crippen molar-refractivity contribution in [1.82, 2.24) is 14.3 Å². The highest BCUT2D eigenvalue weighted by atomic mass is 16.6. The number of pyridine rings is 1. The summed E-state index contributed by atoms with van der Waals surface area (Å²) in [6, 6.07) is 12.4. The smallest absolute Gasteiger partial charge is 0.410 e. The Balaban J connectivity index is 1.86. The van der Waals surface area contributed by atoms with Crippen LogP contribution in [0.2, 0.25) is 0 Å². The van der Waals surface area contributed by atoms with Crippen molar-refractivity contribution < 1.29 is 9.53 Å². The zero-order chi connectivity index (χ0) is 16.7. The van der Waals surface area contributed by atoms with E-state index in [1.54, 1.807) is 4.90 Å². The predicted molar refractivity (Wildman–Crippen MR) is 91.9 cm³/mol. The van der Waals surface area contributed by atoms with Crippen LogP contribution in [0.5, 0.6) is 0 Å². The molecule has 1 aromatic carbocycles. The van der Waals surface area contributed by atoms with E-state index < -0.39 is 0 Å². The van der Waals surface area contributed by atoms with E-state index in [1.165, 1.54) is 5.56 Å². The molecule has 5 nitrogen and oxygen atoms in total. The standard InChI is InChI=1S/C19H19N3O2/c1-13-3-6-15(7-4-13)18-16(12-21-9-10-24-19(21)23)22-11-14(2)5-8-17(22)20-18/h3-8,11H,9-10,12H2,1-2H3. The van der Waals surface area contributed by atoms with Crippen molar-refractivity contribution in [2.75, 3.05) is 13.2 Å². The predicted octanol–water partition coefficient (Wildman–Crippen LogP) is 3.57. The molecular formula is C19H19N3O2. The van der Waals surface area contributed by atoms with Crippen LogP contribution in [0.1, 0.15) is 16.8 Å². The molecule has 1 saturated heterocycles. The molecule has 0 radical (unpaired) electrons. The van der Waals surface area contributed by atoms with Gasteiger partial charge in [0.1, 0.15) is 12.3 Å². The van der Waals surface area contributed by atoms with Crippen molar-refractivity contribution in [1.29, 1.82) is 0 Å². The van der Waals surface area contributed by atoms with Crippen LogP contribution in [0.3, 0.4) is 0 Å². The summed E-state index contributed by atoms with van der Waals surface area (Å²) in [5, 5.41) is 0. The lowest BCUT2D eigenvalue weighted by atomic mass is 10.1. The van der Waals surface area contributed by atoms with Crippen molar-refractivity contribution in [2.24, 2.45) is 0 Å². The summed E-state index contributed by atoms with van der Waals surface area (Å²) in [4.78, 5) is 18.4. The summed E-state index contributed by atoms with van der Waals surface area (Å²) < 4.78 is 7.15. The maximum Gasteiger partial charge on any atom is 0.410 e. The molecule has 5 heteroatoms. The summed E-state index contributed by atoms with van der Waals surface area (Å²) in [5.74, 6) is 0. The van der Waals surface area contributed by atoms with Gasteiger partial charge in [-0.05, 0) is 25.5 Å². The number of hydrogen-bond donors (Lipinski definition) is 0. The maximum atomic E-state index is 11.9. The maximum absolute atomic E-state index is 11.9. The number of imidazole rings is 1. The molecule has 122 valence electrons. The van der Waals surface area contributed by atoms with Crippen LogP contribution in [0, 0.1) is 13.8 Å². The lowest BCUT2D eigenvalue weighted by molar-refractivity contribution is 0.157. The van der Waals surface area contributed by atoms with Gasteiger partial charge < -0.3 is 9.14 Å². The van der Waals surface area contributed by atoms with Crippen LogP contribution >= 0.6 is 0 Å². The first kappa shape index (κ1) is 14.8. The Kier molecular flexibility index (Phi) is 3.49. The van der Waals surface area contributed by atoms with Gasteiger partial charge in [0.05, 0.1) is 24.5 Å². The fourth-order valence-electron chi connectivity index (χ4n) is 3.04. The van der Waals surface area contributed by atoms with Gasteiger partial charge in [-0.1, -0.05) is 35.9 Å². The summed E-state index contributed by atoms with van der Waals surface area (Å²) in [5.41, 5.74) is 6.24. The van der Waals surface area contributed by atoms with Gasteiger partial charge in [-0.25, -0.2) is 9.78 Å². The molecule has 0 aliphatic carbocycles. The highest BCUT2D eigenvalue weighted by Gasteiger charge is 2.25. The minimum absolute atomic E-state index is 0.257. The fraction of sp³-hybridized carbons (Fsp3) is 0.263. The first-order chi connectivity index (χ1) is 11.6. The zero-order valence-corrected chi connectivity index (χ0v) is 13.8. The van der Waals surface area contributed by atoms with Crippen LogP contribution in [-0.2, 0) is 11.3 Å². The third-order valence-electron chi connectivity index (χ3n) is 4.38. The third kappa shape index (κ3) is 2.52. The Morgan fingerprint density at radius 1 is 1.08 bits per heavy atom. The molecular weight excluding hydrogens is 302 g/mol. The van der Waals surface area contributed by atoms with E-state index in [4.69, 9.17) is 9.72 Å². The number of benzene rings is 1. The van der Waals surface area contributed by atoms with Gasteiger partial charge in [-0.3, -0.25) is 4.90 Å². The number of aromatic nitrogens is 2. The zero-order valence-electron chi connectivity index (χ0n) is 13.8. The summed E-state index contributed by atoms with van der Waals surface area (Å²) in [7, 11) is 0. The normalized spacial score (nSPS) is 14.4. The Morgan fingerprint density at radius 3 is 2.54 bits per heavy atom. The molecule has 0 bridgehead atoms. The van der Waals surface area contributed by atoms with Gasteiger partial charge in [0.25, 0.3) is 0 Å². The van der Waals surface area contributed by atoms with Crippen LogP contribution in [-0.4, -0.2) is 33.5 Å². The quantitative estimate of drug-likeness (QED) is 0.741. The topological polar surface area (TPSA) is 46.8 Å². The number of ether oxygens (including phenoxy) is 1. The monoisotopic (exact) mass is 321 g/mol. The molecule has 0 saturated carbocycles. The van der Waals surface area contributed by atoms with Gasteiger partial charge in [-0.15, -0.1) is 0 Å². The van der Waals surface area contributed by atoms with E-state index in [-0.39, 0.29) is 6.09 Å². The molecule has 0 N–H and O–H groups in total. The average Bonchev–Trinajstić information content (AvgIpc) is 3.13. The molecule has 3 aromatic rings. The molecule has 1 amide bonds. The highest BCUT2D eigenvalue weighted by molar-refractivity contribution is 5.71. The minimum atomic E-state index is -0.257. The largest absolute Gasteiger partial charge is 0.448 e. The summed E-state index contributed by atoms with van der Waals surface area (Å²) in [6.07, 6.45) is 1.81. The molecule has 0 spiro atoms. The molecule has 0 atom stereocenters. The number of carbonyl (C=O) groups excluding carboxylic acids is 1. The van der Waals surface area contributed by atoms with Crippen LogP contribution < -0.4 is 0 Å². The SMILES string of the molecule is Cc1ccc(-c2nc3ccc(C)cn3c2CN2CCOC2=O)cc1. The van der Waals surface area contributed by atoms with E-state index in [2.05, 4.69) is 54.8 Å². The van der Waals surface area contributed by atoms with Gasteiger partial charge >= 0.3 is 6.09 Å². The lowest BCUT2D eigenvalue weighted by Gasteiger charge is -2.14. The number of aryl methyl sites for hydroxylation is 2.